The molecule has 0 bridgehead atoms. The topological polar surface area (TPSA) is 189 Å². The van der Waals surface area contributed by atoms with E-state index < -0.39 is 60.3 Å². The van der Waals surface area contributed by atoms with Gasteiger partial charge in [-0.3, -0.25) is 19.2 Å². The molecule has 3 aliphatic rings. The first-order valence-corrected chi connectivity index (χ1v) is 8.61. The summed E-state index contributed by atoms with van der Waals surface area (Å²) in [5, 5.41) is 0. The first-order chi connectivity index (χ1) is 14.1. The van der Waals surface area contributed by atoms with Gasteiger partial charge >= 0.3 is 29.8 Å². The lowest BCUT2D eigenvalue weighted by Gasteiger charge is -2.28. The molecule has 0 spiro atoms. The molecular formula is C16H17N5O9. The van der Waals surface area contributed by atoms with Crippen molar-refractivity contribution in [2.75, 3.05) is 6.61 Å². The number of hydrogen-bond donors (Lipinski definition) is 1. The van der Waals surface area contributed by atoms with Gasteiger partial charge in [0.1, 0.15) is 12.7 Å². The molecule has 0 saturated carbocycles. The maximum atomic E-state index is 12.5. The summed E-state index contributed by atoms with van der Waals surface area (Å²) in [7, 11) is 0. The zero-order chi connectivity index (χ0) is 22.2. The molecule has 3 aliphatic heterocycles. The second-order valence-electron chi connectivity index (χ2n) is 6.34. The van der Waals surface area contributed by atoms with Crippen LogP contribution in [0, 0.1) is 0 Å². The minimum atomic E-state index is -1.41. The van der Waals surface area contributed by atoms with Crippen molar-refractivity contribution >= 4 is 47.4 Å². The summed E-state index contributed by atoms with van der Waals surface area (Å²) >= 11 is 0. The number of nitrogens with two attached hydrogens (primary N) is 1. The molecule has 0 unspecified atom stereocenters. The van der Waals surface area contributed by atoms with Crippen molar-refractivity contribution in [3.05, 3.63) is 0 Å². The monoisotopic (exact) mass is 423 g/mol. The van der Waals surface area contributed by atoms with Crippen LogP contribution in [0.2, 0.25) is 0 Å². The van der Waals surface area contributed by atoms with Crippen LogP contribution in [0.25, 0.3) is 0 Å². The van der Waals surface area contributed by atoms with Gasteiger partial charge in [0, 0.05) is 20.8 Å². The Morgan fingerprint density at radius 1 is 1.00 bits per heavy atom. The van der Waals surface area contributed by atoms with Crippen molar-refractivity contribution < 1.29 is 42.9 Å². The Morgan fingerprint density at radius 3 is 2.23 bits per heavy atom. The lowest BCUT2D eigenvalue weighted by molar-refractivity contribution is -0.166. The van der Waals surface area contributed by atoms with Gasteiger partial charge in [0.05, 0.1) is 0 Å². The van der Waals surface area contributed by atoms with Crippen molar-refractivity contribution in [1.29, 1.82) is 0 Å². The predicted octanol–water partition coefficient (Wildman–Crippen LogP) is -1.73. The average Bonchev–Trinajstić information content (AvgIpc) is 3.10. The zero-order valence-electron chi connectivity index (χ0n) is 16.1. The highest BCUT2D eigenvalue weighted by molar-refractivity contribution is 6.72. The van der Waals surface area contributed by atoms with Gasteiger partial charge < -0.3 is 24.7 Å². The second kappa shape index (κ2) is 7.98. The first kappa shape index (κ1) is 21.0. The van der Waals surface area contributed by atoms with Gasteiger partial charge in [-0.25, -0.2) is 9.69 Å². The molecule has 3 amide bonds. The molecule has 14 heteroatoms. The van der Waals surface area contributed by atoms with Crippen LogP contribution in [-0.4, -0.2) is 83.4 Å². The summed E-state index contributed by atoms with van der Waals surface area (Å²) in [6.45, 7) is 3.00. The molecule has 2 N–H and O–H groups in total. The zero-order valence-corrected chi connectivity index (χ0v) is 16.1. The summed E-state index contributed by atoms with van der Waals surface area (Å²) < 4.78 is 21.1. The lowest BCUT2D eigenvalue weighted by Crippen LogP contribution is -2.52. The van der Waals surface area contributed by atoms with E-state index in [2.05, 4.69) is 15.0 Å². The number of aliphatic imine (C=N–C) groups is 3. The summed E-state index contributed by atoms with van der Waals surface area (Å²) in [4.78, 5) is 70.7. The minimum absolute atomic E-state index is 0.255. The van der Waals surface area contributed by atoms with E-state index in [1.54, 1.807) is 0 Å². The number of fused-ring (bicyclic) bond motifs is 1. The molecule has 4 atom stereocenters. The Balaban J connectivity index is 1.98. The number of guanidine groups is 1. The predicted molar refractivity (Wildman–Crippen MR) is 95.1 cm³/mol. The number of amides is 3. The van der Waals surface area contributed by atoms with Gasteiger partial charge in [0.2, 0.25) is 5.96 Å². The molecule has 30 heavy (non-hydrogen) atoms. The first-order valence-electron chi connectivity index (χ1n) is 8.61. The molecule has 0 aliphatic carbocycles. The van der Waals surface area contributed by atoms with Gasteiger partial charge in [-0.2, -0.15) is 15.0 Å². The molecule has 1 saturated heterocycles. The Morgan fingerprint density at radius 2 is 1.63 bits per heavy atom. The van der Waals surface area contributed by atoms with E-state index in [-0.39, 0.29) is 18.2 Å². The van der Waals surface area contributed by atoms with E-state index in [1.165, 1.54) is 0 Å². The molecule has 0 aromatic carbocycles. The maximum Gasteiger partial charge on any atom is 0.352 e. The normalized spacial score (nSPS) is 27.7. The number of ether oxygens (including phenoxy) is 4. The van der Waals surface area contributed by atoms with Crippen LogP contribution in [-0.2, 0) is 38.1 Å². The van der Waals surface area contributed by atoms with Crippen LogP contribution in [0.3, 0.4) is 0 Å². The van der Waals surface area contributed by atoms with Crippen LogP contribution in [0.5, 0.6) is 0 Å². The van der Waals surface area contributed by atoms with Gasteiger partial charge in [0.25, 0.3) is 0 Å². The number of urea groups is 1. The van der Waals surface area contributed by atoms with Gasteiger partial charge in [-0.05, 0) is 0 Å². The third kappa shape index (κ3) is 4.03. The summed E-state index contributed by atoms with van der Waals surface area (Å²) in [6, 6.07) is -0.959. The molecule has 0 aromatic rings. The van der Waals surface area contributed by atoms with E-state index in [1.807, 2.05) is 0 Å². The van der Waals surface area contributed by atoms with Crippen molar-refractivity contribution in [1.82, 2.24) is 4.90 Å². The summed E-state index contributed by atoms with van der Waals surface area (Å²) in [5.74, 6) is -3.70. The van der Waals surface area contributed by atoms with Crippen LogP contribution >= 0.6 is 0 Å². The highest BCUT2D eigenvalue weighted by Crippen LogP contribution is 2.32. The fourth-order valence-corrected chi connectivity index (χ4v) is 3.08. The number of nitrogens with zero attached hydrogens (tertiary/aromatic N) is 4. The van der Waals surface area contributed by atoms with Crippen molar-refractivity contribution in [3.8, 4) is 0 Å². The number of amidine groups is 1. The number of hydrogen-bond acceptors (Lipinski definition) is 11. The Hall–Kier alpha value is -3.68. The molecular weight excluding hydrogens is 406 g/mol. The number of esters is 3. The average molecular weight is 423 g/mol. The molecule has 0 radical (unpaired) electrons. The van der Waals surface area contributed by atoms with Crippen molar-refractivity contribution in [2.24, 2.45) is 20.7 Å². The van der Waals surface area contributed by atoms with E-state index in [4.69, 9.17) is 24.7 Å². The lowest BCUT2D eigenvalue weighted by atomic mass is 10.1. The molecule has 14 nitrogen and oxygen atoms in total. The molecule has 3 heterocycles. The molecule has 160 valence electrons. The SMILES string of the molecule is CC(=O)OC[C@H]1O[C@@H](N2C(=O)N=C3C(=O)N=C(N)N=C32)[C@H](OC(C)=O)[C@@H]1OC(C)=O. The van der Waals surface area contributed by atoms with E-state index in [0.717, 1.165) is 25.7 Å². The Bertz CT molecular complexity index is 924. The summed E-state index contributed by atoms with van der Waals surface area (Å²) in [6.07, 6.45) is -5.10. The minimum Gasteiger partial charge on any atom is -0.463 e. The fourth-order valence-electron chi connectivity index (χ4n) is 3.08. The number of carbonyl (C=O) groups is 5. The maximum absolute atomic E-state index is 12.5. The summed E-state index contributed by atoms with van der Waals surface area (Å²) in [5.41, 5.74) is 5.13. The fraction of sp³-hybridized carbons (Fsp3) is 0.500. The van der Waals surface area contributed by atoms with Crippen LogP contribution < -0.4 is 5.73 Å². The standard InChI is InChI=1S/C16H17N5O9/c1-5(22)27-4-8-10(28-6(2)23)11(29-7(3)24)14(30-8)21-12-9(18-16(21)26)13(25)20-15(17)19-12/h8,10-11,14H,4H2,1-3H3,(H2,17,20,25)/t8-,10-,11-,14-/m1/s1. The highest BCUT2D eigenvalue weighted by atomic mass is 16.7. The van der Waals surface area contributed by atoms with E-state index >= 15 is 0 Å². The van der Waals surface area contributed by atoms with Crippen molar-refractivity contribution in [2.45, 2.75) is 45.3 Å². The van der Waals surface area contributed by atoms with Crippen LogP contribution in [0.4, 0.5) is 4.79 Å². The van der Waals surface area contributed by atoms with E-state index in [0.29, 0.717) is 0 Å². The second-order valence-corrected chi connectivity index (χ2v) is 6.34. The third-order valence-electron chi connectivity index (χ3n) is 4.09. The quantitative estimate of drug-likeness (QED) is 0.393. The smallest absolute Gasteiger partial charge is 0.352 e. The van der Waals surface area contributed by atoms with Gasteiger partial charge in [-0.15, -0.1) is 0 Å². The molecule has 3 rings (SSSR count). The van der Waals surface area contributed by atoms with Gasteiger partial charge in [-0.1, -0.05) is 0 Å². The highest BCUT2D eigenvalue weighted by Gasteiger charge is 2.56. The molecule has 0 aromatic heterocycles. The number of rotatable bonds is 5. The third-order valence-corrected chi connectivity index (χ3v) is 4.09. The largest absolute Gasteiger partial charge is 0.463 e. The Labute approximate surface area is 168 Å². The Kier molecular flexibility index (Phi) is 5.60. The van der Waals surface area contributed by atoms with Gasteiger partial charge in [0.15, 0.2) is 30.0 Å². The molecule has 1 fully saturated rings. The van der Waals surface area contributed by atoms with Crippen molar-refractivity contribution in [3.63, 3.8) is 0 Å². The van der Waals surface area contributed by atoms with Crippen LogP contribution in [0.15, 0.2) is 15.0 Å². The van der Waals surface area contributed by atoms with Crippen LogP contribution in [0.1, 0.15) is 20.8 Å². The van der Waals surface area contributed by atoms with E-state index in [9.17, 15) is 24.0 Å². The number of carbonyl (C=O) groups excluding carboxylic acids is 5.